The first kappa shape index (κ1) is 10.9. The highest BCUT2D eigenvalue weighted by Crippen LogP contribution is 1.96. The van der Waals surface area contributed by atoms with E-state index in [0.717, 1.165) is 32.0 Å². The Kier molecular flexibility index (Phi) is 5.66. The summed E-state index contributed by atoms with van der Waals surface area (Å²) in [5.74, 6) is 0.798. The molecule has 0 amide bonds. The lowest BCUT2D eigenvalue weighted by Crippen LogP contribution is -2.11. The van der Waals surface area contributed by atoms with Gasteiger partial charge in [0.1, 0.15) is 5.82 Å². The summed E-state index contributed by atoms with van der Waals surface area (Å²) < 4.78 is 5.39. The quantitative estimate of drug-likeness (QED) is 0.673. The number of ether oxygens (including phenoxy) is 1. The first-order valence-corrected chi connectivity index (χ1v) is 5.03. The fourth-order valence-corrected chi connectivity index (χ4v) is 0.996. The summed E-state index contributed by atoms with van der Waals surface area (Å²) in [5.41, 5.74) is 0. The third kappa shape index (κ3) is 4.77. The average molecular weight is 195 g/mol. The molecule has 0 unspecified atom stereocenters. The fourth-order valence-electron chi connectivity index (χ4n) is 0.996. The maximum atomic E-state index is 5.39. The monoisotopic (exact) mass is 195 g/mol. The summed E-state index contributed by atoms with van der Waals surface area (Å²) in [6.45, 7) is 4.50. The second-order valence-electron chi connectivity index (χ2n) is 3.00. The minimum atomic E-state index is 0.719. The summed E-state index contributed by atoms with van der Waals surface area (Å²) in [7, 11) is 0. The van der Waals surface area contributed by atoms with Crippen molar-refractivity contribution in [1.29, 1.82) is 0 Å². The van der Waals surface area contributed by atoms with Crippen LogP contribution in [-0.2, 0) is 4.74 Å². The van der Waals surface area contributed by atoms with Gasteiger partial charge >= 0.3 is 0 Å². The Hall–Kier alpha value is -1.16. The van der Waals surface area contributed by atoms with Crippen molar-refractivity contribution in [2.45, 2.75) is 19.8 Å². The topological polar surface area (TPSA) is 47.0 Å². The van der Waals surface area contributed by atoms with E-state index in [1.165, 1.54) is 6.42 Å². The van der Waals surface area contributed by atoms with Gasteiger partial charge in [-0.15, -0.1) is 5.10 Å². The van der Waals surface area contributed by atoms with E-state index in [9.17, 15) is 0 Å². The van der Waals surface area contributed by atoms with Gasteiger partial charge in [-0.05, 0) is 18.6 Å². The molecule has 0 fully saturated rings. The van der Waals surface area contributed by atoms with Crippen LogP contribution in [-0.4, -0.2) is 30.0 Å². The van der Waals surface area contributed by atoms with Crippen molar-refractivity contribution >= 4 is 5.82 Å². The van der Waals surface area contributed by atoms with E-state index in [1.807, 2.05) is 12.1 Å². The Labute approximate surface area is 84.7 Å². The standard InChI is InChI=1S/C10H17N3O/c1-2-3-8-14-9-7-11-10-5-4-6-12-13-10/h4-6H,2-3,7-9H2,1H3,(H,11,13). The highest BCUT2D eigenvalue weighted by Gasteiger charge is 1.91. The maximum Gasteiger partial charge on any atom is 0.148 e. The van der Waals surface area contributed by atoms with Crippen LogP contribution in [0.4, 0.5) is 5.82 Å². The maximum absolute atomic E-state index is 5.39. The Bertz CT molecular complexity index is 228. The SMILES string of the molecule is CCCCOCCNc1cccnn1. The van der Waals surface area contributed by atoms with Crippen molar-refractivity contribution in [2.75, 3.05) is 25.1 Å². The second kappa shape index (κ2) is 7.26. The van der Waals surface area contributed by atoms with Gasteiger partial charge in [-0.25, -0.2) is 0 Å². The van der Waals surface area contributed by atoms with Crippen LogP contribution < -0.4 is 5.32 Å². The summed E-state index contributed by atoms with van der Waals surface area (Å²) in [6.07, 6.45) is 3.96. The number of anilines is 1. The molecule has 0 atom stereocenters. The van der Waals surface area contributed by atoms with Crippen LogP contribution in [0.5, 0.6) is 0 Å². The largest absolute Gasteiger partial charge is 0.380 e. The van der Waals surface area contributed by atoms with Gasteiger partial charge < -0.3 is 10.1 Å². The zero-order chi connectivity index (χ0) is 10.1. The molecule has 1 N–H and O–H groups in total. The summed E-state index contributed by atoms with van der Waals surface area (Å²) in [4.78, 5) is 0. The molecule has 0 radical (unpaired) electrons. The molecule has 0 bridgehead atoms. The van der Waals surface area contributed by atoms with Crippen molar-refractivity contribution in [3.05, 3.63) is 18.3 Å². The van der Waals surface area contributed by atoms with Crippen molar-refractivity contribution < 1.29 is 4.74 Å². The zero-order valence-electron chi connectivity index (χ0n) is 8.57. The highest BCUT2D eigenvalue weighted by molar-refractivity contribution is 5.30. The molecular weight excluding hydrogens is 178 g/mol. The minimum absolute atomic E-state index is 0.719. The highest BCUT2D eigenvalue weighted by atomic mass is 16.5. The molecule has 1 rings (SSSR count). The van der Waals surface area contributed by atoms with E-state index in [-0.39, 0.29) is 0 Å². The van der Waals surface area contributed by atoms with Crippen LogP contribution in [0.1, 0.15) is 19.8 Å². The van der Waals surface area contributed by atoms with Crippen molar-refractivity contribution in [2.24, 2.45) is 0 Å². The van der Waals surface area contributed by atoms with Gasteiger partial charge in [0.15, 0.2) is 0 Å². The number of hydrogen-bond acceptors (Lipinski definition) is 4. The summed E-state index contributed by atoms with van der Waals surface area (Å²) in [5, 5.41) is 10.8. The van der Waals surface area contributed by atoms with Gasteiger partial charge in [0.25, 0.3) is 0 Å². The van der Waals surface area contributed by atoms with E-state index in [4.69, 9.17) is 4.74 Å². The van der Waals surface area contributed by atoms with Crippen LogP contribution in [0.15, 0.2) is 18.3 Å². The molecular formula is C10H17N3O. The Morgan fingerprint density at radius 1 is 1.43 bits per heavy atom. The number of rotatable bonds is 7. The molecule has 0 spiro atoms. The van der Waals surface area contributed by atoms with Crippen LogP contribution in [0.2, 0.25) is 0 Å². The lowest BCUT2D eigenvalue weighted by Gasteiger charge is -2.04. The normalized spacial score (nSPS) is 10.1. The van der Waals surface area contributed by atoms with E-state index >= 15 is 0 Å². The summed E-state index contributed by atoms with van der Waals surface area (Å²) in [6, 6.07) is 3.74. The predicted octanol–water partition coefficient (Wildman–Crippen LogP) is 1.71. The third-order valence-corrected chi connectivity index (χ3v) is 1.77. The molecule has 0 aliphatic heterocycles. The number of aromatic nitrogens is 2. The van der Waals surface area contributed by atoms with Crippen LogP contribution in [0.3, 0.4) is 0 Å². The zero-order valence-corrected chi connectivity index (χ0v) is 8.57. The van der Waals surface area contributed by atoms with Crippen molar-refractivity contribution in [3.8, 4) is 0 Å². The average Bonchev–Trinajstić information content (AvgIpc) is 2.25. The molecule has 4 nitrogen and oxygen atoms in total. The molecule has 14 heavy (non-hydrogen) atoms. The smallest absolute Gasteiger partial charge is 0.148 e. The molecule has 1 aromatic rings. The predicted molar refractivity (Wildman–Crippen MR) is 56.2 cm³/mol. The van der Waals surface area contributed by atoms with E-state index in [2.05, 4.69) is 22.4 Å². The lowest BCUT2D eigenvalue weighted by molar-refractivity contribution is 0.141. The van der Waals surface area contributed by atoms with Crippen molar-refractivity contribution in [1.82, 2.24) is 10.2 Å². The molecule has 0 aromatic carbocycles. The molecule has 0 saturated carbocycles. The van der Waals surface area contributed by atoms with Gasteiger partial charge in [0.2, 0.25) is 0 Å². The first-order chi connectivity index (χ1) is 6.93. The van der Waals surface area contributed by atoms with Gasteiger partial charge in [0.05, 0.1) is 6.61 Å². The van der Waals surface area contributed by atoms with Gasteiger partial charge in [-0.2, -0.15) is 5.10 Å². The number of nitrogens with one attached hydrogen (secondary N) is 1. The van der Waals surface area contributed by atoms with Crippen LogP contribution in [0, 0.1) is 0 Å². The fraction of sp³-hybridized carbons (Fsp3) is 0.600. The molecule has 78 valence electrons. The summed E-state index contributed by atoms with van der Waals surface area (Å²) >= 11 is 0. The van der Waals surface area contributed by atoms with E-state index < -0.39 is 0 Å². The number of hydrogen-bond donors (Lipinski definition) is 1. The molecule has 0 aliphatic carbocycles. The Morgan fingerprint density at radius 3 is 3.07 bits per heavy atom. The minimum Gasteiger partial charge on any atom is -0.380 e. The van der Waals surface area contributed by atoms with Gasteiger partial charge in [-0.3, -0.25) is 0 Å². The number of unbranched alkanes of at least 4 members (excludes halogenated alkanes) is 1. The van der Waals surface area contributed by atoms with Crippen LogP contribution in [0.25, 0.3) is 0 Å². The molecule has 1 heterocycles. The van der Waals surface area contributed by atoms with Crippen molar-refractivity contribution in [3.63, 3.8) is 0 Å². The Morgan fingerprint density at radius 2 is 2.36 bits per heavy atom. The van der Waals surface area contributed by atoms with Gasteiger partial charge in [-0.1, -0.05) is 13.3 Å². The molecule has 0 saturated heterocycles. The first-order valence-electron chi connectivity index (χ1n) is 5.03. The third-order valence-electron chi connectivity index (χ3n) is 1.77. The second-order valence-corrected chi connectivity index (χ2v) is 3.00. The molecule has 0 aliphatic rings. The Balaban J connectivity index is 1.99. The number of nitrogens with zero attached hydrogens (tertiary/aromatic N) is 2. The van der Waals surface area contributed by atoms with Gasteiger partial charge in [0, 0.05) is 19.3 Å². The lowest BCUT2D eigenvalue weighted by atomic mass is 10.4. The molecule has 4 heteroatoms. The molecule has 1 aromatic heterocycles. The van der Waals surface area contributed by atoms with Crippen LogP contribution >= 0.6 is 0 Å². The van der Waals surface area contributed by atoms with E-state index in [1.54, 1.807) is 6.20 Å². The van der Waals surface area contributed by atoms with E-state index in [0.29, 0.717) is 0 Å².